The van der Waals surface area contributed by atoms with E-state index in [4.69, 9.17) is 14.2 Å². The molecule has 1 aliphatic heterocycles. The maximum Gasteiger partial charge on any atom is 0.203 e. The van der Waals surface area contributed by atoms with Crippen molar-refractivity contribution in [3.05, 3.63) is 41.1 Å². The van der Waals surface area contributed by atoms with Gasteiger partial charge in [0, 0.05) is 7.05 Å². The summed E-state index contributed by atoms with van der Waals surface area (Å²) in [5, 5.41) is 0. The van der Waals surface area contributed by atoms with E-state index in [1.54, 1.807) is 21.3 Å². The molecule has 1 heterocycles. The van der Waals surface area contributed by atoms with E-state index in [0.717, 1.165) is 12.0 Å². The van der Waals surface area contributed by atoms with Gasteiger partial charge in [-0.15, -0.1) is 24.0 Å². The van der Waals surface area contributed by atoms with Crippen LogP contribution in [0.15, 0.2) is 35.6 Å². The summed E-state index contributed by atoms with van der Waals surface area (Å²) in [4.78, 5) is 2.24. The van der Waals surface area contributed by atoms with Crippen LogP contribution >= 0.6 is 24.0 Å². The minimum atomic E-state index is 0. The molecule has 1 aromatic carbocycles. The highest BCUT2D eigenvalue weighted by atomic mass is 127. The Morgan fingerprint density at radius 1 is 1.00 bits per heavy atom. The number of benzene rings is 1. The fraction of sp³-hybridized carbons (Fsp3) is 0.444. The molecule has 0 amide bonds. The normalized spacial score (nSPS) is 17.0. The minimum absolute atomic E-state index is 0. The lowest BCUT2D eigenvalue weighted by Crippen LogP contribution is -2.33. The predicted octanol–water partition coefficient (Wildman–Crippen LogP) is 4.04. The van der Waals surface area contributed by atoms with Gasteiger partial charge < -0.3 is 19.1 Å². The average molecular weight is 431 g/mol. The molecule has 0 fully saturated rings. The van der Waals surface area contributed by atoms with E-state index in [-0.39, 0.29) is 24.0 Å². The molecule has 0 saturated heterocycles. The van der Waals surface area contributed by atoms with Crippen molar-refractivity contribution in [2.75, 3.05) is 28.4 Å². The Hall–Kier alpha value is -1.37. The molecule has 0 aromatic heterocycles. The minimum Gasteiger partial charge on any atom is -0.493 e. The summed E-state index contributed by atoms with van der Waals surface area (Å²) in [5.41, 5.74) is 3.88. The van der Waals surface area contributed by atoms with Gasteiger partial charge in [-0.3, -0.25) is 0 Å². The monoisotopic (exact) mass is 431 g/mol. The number of methoxy groups -OCH3 is 3. The predicted molar refractivity (Wildman–Crippen MR) is 104 cm³/mol. The molecule has 0 N–H and O–H groups in total. The van der Waals surface area contributed by atoms with Crippen molar-refractivity contribution in [2.45, 2.75) is 26.3 Å². The first-order valence-electron chi connectivity index (χ1n) is 7.38. The van der Waals surface area contributed by atoms with Gasteiger partial charge >= 0.3 is 0 Å². The molecule has 1 aliphatic rings. The van der Waals surface area contributed by atoms with Crippen LogP contribution in [0.25, 0.3) is 0 Å². The Morgan fingerprint density at radius 3 is 2.04 bits per heavy atom. The quantitative estimate of drug-likeness (QED) is 0.659. The highest BCUT2D eigenvalue weighted by Crippen LogP contribution is 2.39. The van der Waals surface area contributed by atoms with Crippen LogP contribution in [0.2, 0.25) is 0 Å². The molecule has 0 saturated carbocycles. The molecule has 1 unspecified atom stereocenters. The lowest BCUT2D eigenvalue weighted by Gasteiger charge is -2.32. The SMILES string of the molecule is COc1cc(CC2C(C)=C(C)C=CN2C)cc(OC)c1OC.I. The summed E-state index contributed by atoms with van der Waals surface area (Å²) in [5.74, 6) is 2.03. The van der Waals surface area contributed by atoms with E-state index < -0.39 is 0 Å². The number of ether oxygens (including phenoxy) is 3. The number of hydrogen-bond acceptors (Lipinski definition) is 4. The van der Waals surface area contributed by atoms with E-state index in [2.05, 4.69) is 38.1 Å². The average Bonchev–Trinajstić information content (AvgIpc) is 2.54. The third-order valence-corrected chi connectivity index (χ3v) is 4.33. The molecule has 5 heteroatoms. The zero-order valence-corrected chi connectivity index (χ0v) is 17.0. The van der Waals surface area contributed by atoms with Gasteiger partial charge in [-0.1, -0.05) is 0 Å². The second-order valence-electron chi connectivity index (χ2n) is 5.60. The lowest BCUT2D eigenvalue weighted by molar-refractivity contribution is 0.322. The molecule has 0 bridgehead atoms. The van der Waals surface area contributed by atoms with Crippen LogP contribution < -0.4 is 14.2 Å². The maximum absolute atomic E-state index is 5.44. The maximum atomic E-state index is 5.44. The molecule has 23 heavy (non-hydrogen) atoms. The van der Waals surface area contributed by atoms with Crippen LogP contribution in [-0.2, 0) is 6.42 Å². The molecule has 128 valence electrons. The zero-order valence-electron chi connectivity index (χ0n) is 14.7. The van der Waals surface area contributed by atoms with E-state index >= 15 is 0 Å². The summed E-state index contributed by atoms with van der Waals surface area (Å²) in [6.45, 7) is 4.35. The number of nitrogens with zero attached hydrogens (tertiary/aromatic N) is 1. The van der Waals surface area contributed by atoms with Crippen LogP contribution in [0.5, 0.6) is 17.2 Å². The molecule has 0 aliphatic carbocycles. The number of halogens is 1. The second kappa shape index (κ2) is 8.47. The molecular formula is C18H26INO3. The molecule has 0 radical (unpaired) electrons. The van der Waals surface area contributed by atoms with Crippen molar-refractivity contribution < 1.29 is 14.2 Å². The Labute approximate surface area is 156 Å². The Balaban J connectivity index is 0.00000264. The van der Waals surface area contributed by atoms with Crippen LogP contribution in [0, 0.1) is 0 Å². The number of hydrogen-bond donors (Lipinski definition) is 0. The van der Waals surface area contributed by atoms with Crippen molar-refractivity contribution >= 4 is 24.0 Å². The van der Waals surface area contributed by atoms with E-state index in [9.17, 15) is 0 Å². The summed E-state index contributed by atoms with van der Waals surface area (Å²) in [6.07, 6.45) is 5.17. The standard InChI is InChI=1S/C18H25NO3.HI/c1-12-7-8-19(3)15(13(12)2)9-14-10-16(20-4)18(22-6)17(11-14)21-5;/h7-8,10-11,15H,9H2,1-6H3;1H. The molecule has 2 rings (SSSR count). The van der Waals surface area contributed by atoms with Gasteiger partial charge in [0.25, 0.3) is 0 Å². The summed E-state index contributed by atoms with van der Waals surface area (Å²) in [7, 11) is 7.02. The van der Waals surface area contributed by atoms with Gasteiger partial charge in [-0.25, -0.2) is 0 Å². The van der Waals surface area contributed by atoms with Gasteiger partial charge in [-0.05, 0) is 61.4 Å². The lowest BCUT2D eigenvalue weighted by atomic mass is 9.93. The number of rotatable bonds is 5. The number of allylic oxidation sites excluding steroid dienone is 2. The second-order valence-corrected chi connectivity index (χ2v) is 5.60. The highest BCUT2D eigenvalue weighted by molar-refractivity contribution is 14.0. The van der Waals surface area contributed by atoms with Crippen LogP contribution in [0.1, 0.15) is 19.4 Å². The first kappa shape index (κ1) is 19.7. The third-order valence-electron chi connectivity index (χ3n) is 4.33. The van der Waals surface area contributed by atoms with E-state index in [1.165, 1.54) is 11.1 Å². The van der Waals surface area contributed by atoms with Crippen molar-refractivity contribution in [2.24, 2.45) is 0 Å². The smallest absolute Gasteiger partial charge is 0.203 e. The Morgan fingerprint density at radius 2 is 1.57 bits per heavy atom. The Kier molecular flexibility index (Phi) is 7.25. The molecule has 0 spiro atoms. The fourth-order valence-corrected chi connectivity index (χ4v) is 2.81. The summed E-state index contributed by atoms with van der Waals surface area (Å²) in [6, 6.07) is 4.39. The van der Waals surface area contributed by atoms with E-state index in [1.807, 2.05) is 12.1 Å². The van der Waals surface area contributed by atoms with Gasteiger partial charge in [-0.2, -0.15) is 0 Å². The van der Waals surface area contributed by atoms with Gasteiger partial charge in [0.15, 0.2) is 11.5 Å². The van der Waals surface area contributed by atoms with Crippen molar-refractivity contribution in [3.63, 3.8) is 0 Å². The molecule has 1 aromatic rings. The van der Waals surface area contributed by atoms with Crippen molar-refractivity contribution in [1.29, 1.82) is 0 Å². The van der Waals surface area contributed by atoms with Gasteiger partial charge in [0.1, 0.15) is 0 Å². The third kappa shape index (κ3) is 4.13. The van der Waals surface area contributed by atoms with Crippen LogP contribution in [-0.4, -0.2) is 39.3 Å². The van der Waals surface area contributed by atoms with Gasteiger partial charge in [0.2, 0.25) is 5.75 Å². The van der Waals surface area contributed by atoms with Crippen LogP contribution in [0.3, 0.4) is 0 Å². The van der Waals surface area contributed by atoms with Crippen molar-refractivity contribution in [1.82, 2.24) is 4.90 Å². The summed E-state index contributed by atoms with van der Waals surface area (Å²) < 4.78 is 16.3. The molecular weight excluding hydrogens is 405 g/mol. The Bertz CT molecular complexity index is 585. The largest absolute Gasteiger partial charge is 0.493 e. The van der Waals surface area contributed by atoms with Gasteiger partial charge in [0.05, 0.1) is 27.4 Å². The topological polar surface area (TPSA) is 30.9 Å². The molecule has 4 nitrogen and oxygen atoms in total. The summed E-state index contributed by atoms with van der Waals surface area (Å²) >= 11 is 0. The van der Waals surface area contributed by atoms with Crippen molar-refractivity contribution in [3.8, 4) is 17.2 Å². The first-order valence-corrected chi connectivity index (χ1v) is 7.38. The molecule has 1 atom stereocenters. The zero-order chi connectivity index (χ0) is 16.3. The highest BCUT2D eigenvalue weighted by Gasteiger charge is 2.21. The van der Waals surface area contributed by atoms with Crippen LogP contribution in [0.4, 0.5) is 0 Å². The first-order chi connectivity index (χ1) is 10.5. The fourth-order valence-electron chi connectivity index (χ4n) is 2.81. The van der Waals surface area contributed by atoms with E-state index in [0.29, 0.717) is 23.3 Å². The number of likely N-dealkylation sites (N-methyl/N-ethyl adjacent to an activating group) is 1.